The third kappa shape index (κ3) is 18.7. The number of nitrogens with zero attached hydrogens (tertiary/aromatic N) is 3. The highest BCUT2D eigenvalue weighted by Crippen LogP contribution is 2.19. The van der Waals surface area contributed by atoms with E-state index in [0.29, 0.717) is 5.92 Å². The highest BCUT2D eigenvalue weighted by atomic mass is 15.2. The highest BCUT2D eigenvalue weighted by Gasteiger charge is 2.17. The van der Waals surface area contributed by atoms with Crippen molar-refractivity contribution >= 4 is 0 Å². The van der Waals surface area contributed by atoms with Crippen molar-refractivity contribution in [2.75, 3.05) is 59.4 Å². The SMILES string of the molecule is CC.CC#CC1CCN(CC)CC1.CCC.CCCN(C)CCN1CCC(CC)CC1. The summed E-state index contributed by atoms with van der Waals surface area (Å²) < 4.78 is 0. The van der Waals surface area contributed by atoms with E-state index in [2.05, 4.69) is 68.2 Å². The zero-order valence-electron chi connectivity index (χ0n) is 23.1. The molecule has 0 aromatic carbocycles. The summed E-state index contributed by atoms with van der Waals surface area (Å²) >= 11 is 0. The molecule has 0 N–H and O–H groups in total. The standard InChI is InChI=1S/C13H28N2.C10H17N.C3H8.C2H6/c1-4-8-14(3)11-12-15-9-6-13(5-2)7-10-15;1-3-5-10-6-8-11(4-2)9-7-10;1-3-2;1-2/h13H,4-12H2,1-3H3;10H,4,6-9H2,1-2H3;3H2,1-2H3;1-2H3. The molecule has 2 heterocycles. The van der Waals surface area contributed by atoms with Gasteiger partial charge in [-0.2, -0.15) is 0 Å². The molecule has 186 valence electrons. The molecule has 0 aliphatic carbocycles. The molecule has 3 nitrogen and oxygen atoms in total. The lowest BCUT2D eigenvalue weighted by Gasteiger charge is -2.32. The van der Waals surface area contributed by atoms with Gasteiger partial charge < -0.3 is 14.7 Å². The summed E-state index contributed by atoms with van der Waals surface area (Å²) in [6, 6.07) is 0. The Hall–Kier alpha value is -0.560. The van der Waals surface area contributed by atoms with Gasteiger partial charge in [-0.3, -0.25) is 0 Å². The second-order valence-electron chi connectivity index (χ2n) is 8.81. The zero-order chi connectivity index (χ0) is 23.9. The second-order valence-corrected chi connectivity index (χ2v) is 8.81. The van der Waals surface area contributed by atoms with Crippen molar-refractivity contribution in [2.24, 2.45) is 11.8 Å². The minimum absolute atomic E-state index is 0.683. The van der Waals surface area contributed by atoms with Crippen LogP contribution in [0.4, 0.5) is 0 Å². The Kier molecular flexibility index (Phi) is 25.3. The van der Waals surface area contributed by atoms with E-state index in [0.717, 1.165) is 5.92 Å². The summed E-state index contributed by atoms with van der Waals surface area (Å²) in [5.41, 5.74) is 0. The summed E-state index contributed by atoms with van der Waals surface area (Å²) in [6.45, 7) is 27.1. The van der Waals surface area contributed by atoms with Crippen LogP contribution in [0.5, 0.6) is 0 Å². The van der Waals surface area contributed by atoms with Crippen LogP contribution in [0.2, 0.25) is 0 Å². The molecule has 0 amide bonds. The number of hydrogen-bond donors (Lipinski definition) is 0. The second kappa shape index (κ2) is 24.1. The summed E-state index contributed by atoms with van der Waals surface area (Å²) in [5.74, 6) is 7.95. The van der Waals surface area contributed by atoms with E-state index in [1.54, 1.807) is 0 Å². The molecule has 0 radical (unpaired) electrons. The third-order valence-electron chi connectivity index (χ3n) is 6.07. The molecule has 2 fully saturated rings. The molecule has 2 aliphatic heterocycles. The Morgan fingerprint density at radius 1 is 0.806 bits per heavy atom. The first-order valence-electron chi connectivity index (χ1n) is 13.6. The van der Waals surface area contributed by atoms with Crippen LogP contribution in [0.1, 0.15) is 100 Å². The van der Waals surface area contributed by atoms with Gasteiger partial charge in [-0.1, -0.05) is 61.3 Å². The number of hydrogen-bond acceptors (Lipinski definition) is 3. The largest absolute Gasteiger partial charge is 0.305 e. The molecule has 0 spiro atoms. The van der Waals surface area contributed by atoms with Crippen molar-refractivity contribution in [2.45, 2.75) is 100 Å². The number of rotatable bonds is 7. The normalized spacial score (nSPS) is 17.9. The molecular weight excluding hydrogens is 378 g/mol. The van der Waals surface area contributed by atoms with Gasteiger partial charge in [0.25, 0.3) is 0 Å². The van der Waals surface area contributed by atoms with Crippen LogP contribution in [-0.4, -0.2) is 74.1 Å². The van der Waals surface area contributed by atoms with Gasteiger partial charge in [0.15, 0.2) is 0 Å². The third-order valence-corrected chi connectivity index (χ3v) is 6.07. The zero-order valence-corrected chi connectivity index (χ0v) is 23.1. The molecular formula is C28H59N3. The van der Waals surface area contributed by atoms with Crippen molar-refractivity contribution < 1.29 is 0 Å². The molecule has 2 aliphatic rings. The molecule has 3 heteroatoms. The Morgan fingerprint density at radius 2 is 1.32 bits per heavy atom. The van der Waals surface area contributed by atoms with Crippen LogP contribution < -0.4 is 0 Å². The lowest BCUT2D eigenvalue weighted by atomic mass is 9.94. The number of likely N-dealkylation sites (N-methyl/N-ethyl adjacent to an activating group) is 1. The smallest absolute Gasteiger partial charge is 0.0227 e. The van der Waals surface area contributed by atoms with E-state index in [1.807, 2.05) is 20.8 Å². The fraction of sp³-hybridized carbons (Fsp3) is 0.929. The van der Waals surface area contributed by atoms with Crippen LogP contribution in [0.15, 0.2) is 0 Å². The molecule has 31 heavy (non-hydrogen) atoms. The molecule has 2 rings (SSSR count). The summed E-state index contributed by atoms with van der Waals surface area (Å²) in [4.78, 5) is 7.58. The lowest BCUT2D eigenvalue weighted by molar-refractivity contribution is 0.163. The molecule has 0 aromatic rings. The maximum absolute atomic E-state index is 3.25. The summed E-state index contributed by atoms with van der Waals surface area (Å²) in [6.07, 6.45) is 9.29. The Morgan fingerprint density at radius 3 is 1.74 bits per heavy atom. The van der Waals surface area contributed by atoms with Gasteiger partial charge in [0, 0.05) is 19.0 Å². The minimum atomic E-state index is 0.683. The van der Waals surface area contributed by atoms with Crippen LogP contribution in [0, 0.1) is 23.7 Å². The van der Waals surface area contributed by atoms with E-state index in [9.17, 15) is 0 Å². The molecule has 0 saturated carbocycles. The molecule has 2 saturated heterocycles. The topological polar surface area (TPSA) is 9.72 Å². The fourth-order valence-corrected chi connectivity index (χ4v) is 4.02. The van der Waals surface area contributed by atoms with E-state index in [1.165, 1.54) is 97.3 Å². The van der Waals surface area contributed by atoms with Crippen LogP contribution in [0.3, 0.4) is 0 Å². The maximum atomic E-state index is 3.25. The maximum Gasteiger partial charge on any atom is 0.0227 e. The fourth-order valence-electron chi connectivity index (χ4n) is 4.02. The highest BCUT2D eigenvalue weighted by molar-refractivity contribution is 5.02. The van der Waals surface area contributed by atoms with Gasteiger partial charge in [0.2, 0.25) is 0 Å². The predicted octanol–water partition coefficient (Wildman–Crippen LogP) is 6.63. The molecule has 0 bridgehead atoms. The molecule has 0 unspecified atom stereocenters. The van der Waals surface area contributed by atoms with Crippen molar-refractivity contribution in [3.63, 3.8) is 0 Å². The first-order valence-corrected chi connectivity index (χ1v) is 13.6. The first-order chi connectivity index (χ1) is 15.0. The van der Waals surface area contributed by atoms with Crippen molar-refractivity contribution in [3.8, 4) is 11.8 Å². The van der Waals surface area contributed by atoms with Crippen LogP contribution in [-0.2, 0) is 0 Å². The number of piperidine rings is 2. The molecule has 0 atom stereocenters. The predicted molar refractivity (Wildman–Crippen MR) is 143 cm³/mol. The van der Waals surface area contributed by atoms with Gasteiger partial charge in [0.05, 0.1) is 0 Å². The Balaban J connectivity index is 0. The lowest BCUT2D eigenvalue weighted by Crippen LogP contribution is -2.38. The Labute approximate surface area is 198 Å². The van der Waals surface area contributed by atoms with Crippen LogP contribution in [0.25, 0.3) is 0 Å². The Bertz CT molecular complexity index is 396. The quantitative estimate of drug-likeness (QED) is 0.414. The summed E-state index contributed by atoms with van der Waals surface area (Å²) in [5, 5.41) is 0. The number of likely N-dealkylation sites (tertiary alicyclic amines) is 2. The minimum Gasteiger partial charge on any atom is -0.305 e. The van der Waals surface area contributed by atoms with E-state index < -0.39 is 0 Å². The van der Waals surface area contributed by atoms with Gasteiger partial charge in [-0.15, -0.1) is 11.8 Å². The van der Waals surface area contributed by atoms with Crippen molar-refractivity contribution in [1.82, 2.24) is 14.7 Å². The summed E-state index contributed by atoms with van der Waals surface area (Å²) in [7, 11) is 2.24. The average molecular weight is 438 g/mol. The average Bonchev–Trinajstić information content (AvgIpc) is 2.81. The van der Waals surface area contributed by atoms with E-state index >= 15 is 0 Å². The van der Waals surface area contributed by atoms with E-state index in [4.69, 9.17) is 0 Å². The van der Waals surface area contributed by atoms with Gasteiger partial charge >= 0.3 is 0 Å². The van der Waals surface area contributed by atoms with Crippen molar-refractivity contribution in [3.05, 3.63) is 0 Å². The van der Waals surface area contributed by atoms with Crippen LogP contribution >= 0.6 is 0 Å². The van der Waals surface area contributed by atoms with E-state index in [-0.39, 0.29) is 0 Å². The molecule has 0 aromatic heterocycles. The van der Waals surface area contributed by atoms with Crippen molar-refractivity contribution in [1.29, 1.82) is 0 Å². The monoisotopic (exact) mass is 437 g/mol. The first kappa shape index (κ1) is 32.6. The van der Waals surface area contributed by atoms with Gasteiger partial charge in [0.1, 0.15) is 0 Å². The van der Waals surface area contributed by atoms with Gasteiger partial charge in [-0.25, -0.2) is 0 Å². The van der Waals surface area contributed by atoms with Gasteiger partial charge in [-0.05, 0) is 91.3 Å².